The highest BCUT2D eigenvalue weighted by Crippen LogP contribution is 2.36. The molecule has 10 nitrogen and oxygen atoms in total. The molecular formula is C14H26O10S2. The summed E-state index contributed by atoms with van der Waals surface area (Å²) in [7, 11) is -7.59. The van der Waals surface area contributed by atoms with E-state index < -0.39 is 56.2 Å². The summed E-state index contributed by atoms with van der Waals surface area (Å²) in [6.07, 6.45) is -1.90. The van der Waals surface area contributed by atoms with E-state index in [1.54, 1.807) is 27.7 Å². The number of hydrogen-bond acceptors (Lipinski definition) is 10. The Balaban J connectivity index is 2.27. The molecule has 1 unspecified atom stereocenters. The van der Waals surface area contributed by atoms with Gasteiger partial charge in [0.15, 0.2) is 11.6 Å². The quantitative estimate of drug-likeness (QED) is 0.521. The van der Waals surface area contributed by atoms with E-state index in [2.05, 4.69) is 0 Å². The first-order valence-electron chi connectivity index (χ1n) is 7.97. The van der Waals surface area contributed by atoms with Crippen molar-refractivity contribution in [1.29, 1.82) is 0 Å². The van der Waals surface area contributed by atoms with Crippen molar-refractivity contribution < 1.29 is 44.1 Å². The highest BCUT2D eigenvalue weighted by molar-refractivity contribution is 7.86. The summed E-state index contributed by atoms with van der Waals surface area (Å²) in [6, 6.07) is 0. The van der Waals surface area contributed by atoms with Gasteiger partial charge in [0.2, 0.25) is 0 Å². The zero-order valence-electron chi connectivity index (χ0n) is 15.6. The first kappa shape index (κ1) is 22.0. The fourth-order valence-electron chi connectivity index (χ4n) is 2.87. The zero-order valence-corrected chi connectivity index (χ0v) is 17.3. The number of rotatable bonds is 7. The van der Waals surface area contributed by atoms with E-state index >= 15 is 0 Å². The SMILES string of the molecule is CC1(C)OC[C@@H](C(OS(C)(=O)=O)[C@H]2OC(C)(C)O[C@H]2COS(C)(=O)=O)O1. The van der Waals surface area contributed by atoms with Gasteiger partial charge in [-0.05, 0) is 27.7 Å². The smallest absolute Gasteiger partial charge is 0.264 e. The summed E-state index contributed by atoms with van der Waals surface area (Å²) in [5, 5.41) is 0. The molecule has 154 valence electrons. The van der Waals surface area contributed by atoms with Crippen molar-refractivity contribution in [2.75, 3.05) is 25.7 Å². The van der Waals surface area contributed by atoms with Crippen molar-refractivity contribution in [2.45, 2.75) is 63.7 Å². The first-order chi connectivity index (χ1) is 11.6. The average molecular weight is 418 g/mol. The lowest BCUT2D eigenvalue weighted by Gasteiger charge is -2.29. The maximum atomic E-state index is 11.8. The Morgan fingerprint density at radius 2 is 1.58 bits per heavy atom. The first-order valence-corrected chi connectivity index (χ1v) is 11.6. The molecule has 0 amide bonds. The molecule has 0 radical (unpaired) electrons. The molecular weight excluding hydrogens is 392 g/mol. The highest BCUT2D eigenvalue weighted by Gasteiger charge is 2.52. The predicted molar refractivity (Wildman–Crippen MR) is 89.2 cm³/mol. The molecule has 0 aromatic carbocycles. The molecule has 0 spiro atoms. The van der Waals surface area contributed by atoms with Crippen LogP contribution in [0.4, 0.5) is 0 Å². The van der Waals surface area contributed by atoms with Crippen molar-refractivity contribution in [3.05, 3.63) is 0 Å². The average Bonchev–Trinajstić information content (AvgIpc) is 2.91. The zero-order chi connectivity index (χ0) is 20.0. The van der Waals surface area contributed by atoms with Gasteiger partial charge in [-0.1, -0.05) is 0 Å². The molecule has 0 bridgehead atoms. The molecule has 2 rings (SSSR count). The number of hydrogen-bond donors (Lipinski definition) is 0. The van der Waals surface area contributed by atoms with Crippen LogP contribution in [-0.4, -0.2) is 78.6 Å². The van der Waals surface area contributed by atoms with Gasteiger partial charge in [0.1, 0.15) is 24.4 Å². The van der Waals surface area contributed by atoms with E-state index in [4.69, 9.17) is 27.3 Å². The highest BCUT2D eigenvalue weighted by atomic mass is 32.2. The third-order valence-corrected chi connectivity index (χ3v) is 4.81. The normalized spacial score (nSPS) is 32.6. The fourth-order valence-corrected chi connectivity index (χ4v) is 3.89. The second-order valence-electron chi connectivity index (χ2n) is 7.26. The van der Waals surface area contributed by atoms with Crippen molar-refractivity contribution >= 4 is 20.2 Å². The molecule has 0 aromatic heterocycles. The van der Waals surface area contributed by atoms with Crippen LogP contribution in [0.25, 0.3) is 0 Å². The predicted octanol–water partition coefficient (Wildman–Crippen LogP) is -0.0210. The van der Waals surface area contributed by atoms with Crippen LogP contribution in [0.15, 0.2) is 0 Å². The van der Waals surface area contributed by atoms with Crippen molar-refractivity contribution in [1.82, 2.24) is 0 Å². The van der Waals surface area contributed by atoms with Gasteiger partial charge in [0.05, 0.1) is 25.7 Å². The Labute approximate surface area is 154 Å². The minimum atomic E-state index is -3.87. The van der Waals surface area contributed by atoms with Gasteiger partial charge in [-0.25, -0.2) is 0 Å². The molecule has 2 fully saturated rings. The van der Waals surface area contributed by atoms with Crippen LogP contribution in [-0.2, 0) is 47.5 Å². The van der Waals surface area contributed by atoms with Crippen LogP contribution >= 0.6 is 0 Å². The molecule has 26 heavy (non-hydrogen) atoms. The Bertz CT molecular complexity index is 712. The van der Waals surface area contributed by atoms with Crippen molar-refractivity contribution in [3.8, 4) is 0 Å². The molecule has 2 aliphatic rings. The van der Waals surface area contributed by atoms with Gasteiger partial charge < -0.3 is 18.9 Å². The van der Waals surface area contributed by atoms with Crippen LogP contribution in [0.3, 0.4) is 0 Å². The minimum absolute atomic E-state index is 0.0765. The third-order valence-electron chi connectivity index (χ3n) is 3.67. The fraction of sp³-hybridized carbons (Fsp3) is 1.00. The maximum Gasteiger partial charge on any atom is 0.264 e. The topological polar surface area (TPSA) is 124 Å². The van der Waals surface area contributed by atoms with E-state index in [0.29, 0.717) is 0 Å². The van der Waals surface area contributed by atoms with Crippen molar-refractivity contribution in [2.24, 2.45) is 0 Å². The molecule has 2 heterocycles. The van der Waals surface area contributed by atoms with Crippen LogP contribution < -0.4 is 0 Å². The Morgan fingerprint density at radius 3 is 2.04 bits per heavy atom. The van der Waals surface area contributed by atoms with Gasteiger partial charge in [-0.2, -0.15) is 16.8 Å². The summed E-state index contributed by atoms with van der Waals surface area (Å²) < 4.78 is 78.8. The van der Waals surface area contributed by atoms with E-state index in [0.717, 1.165) is 12.5 Å². The van der Waals surface area contributed by atoms with E-state index in [1.165, 1.54) is 0 Å². The standard InChI is InChI=1S/C14H26O10S2/c1-13(2)19-7-9(21-13)12(24-26(6,17)18)11-10(8-20-25(5,15)16)22-14(3,4)23-11/h9-12H,7-8H2,1-6H3/t9-,10-,11-,12?/m0/s1. The monoisotopic (exact) mass is 418 g/mol. The molecule has 4 atom stereocenters. The largest absolute Gasteiger partial charge is 0.348 e. The lowest BCUT2D eigenvalue weighted by atomic mass is 10.0. The summed E-state index contributed by atoms with van der Waals surface area (Å²) in [5.74, 6) is -2.01. The molecule has 0 aromatic rings. The van der Waals surface area contributed by atoms with Crippen LogP contribution in [0, 0.1) is 0 Å². The second-order valence-corrected chi connectivity index (χ2v) is 10.5. The minimum Gasteiger partial charge on any atom is -0.348 e. The second kappa shape index (κ2) is 7.24. The third kappa shape index (κ3) is 6.37. The molecule has 2 saturated heterocycles. The van der Waals surface area contributed by atoms with E-state index in [1.807, 2.05) is 0 Å². The molecule has 0 N–H and O–H groups in total. The molecule has 12 heteroatoms. The van der Waals surface area contributed by atoms with Crippen LogP contribution in [0.2, 0.25) is 0 Å². The van der Waals surface area contributed by atoms with E-state index in [-0.39, 0.29) is 13.2 Å². The lowest BCUT2D eigenvalue weighted by molar-refractivity contribution is -0.174. The van der Waals surface area contributed by atoms with Gasteiger partial charge in [0.25, 0.3) is 20.2 Å². The summed E-state index contributed by atoms with van der Waals surface area (Å²) in [5.41, 5.74) is 0. The van der Waals surface area contributed by atoms with E-state index in [9.17, 15) is 16.8 Å². The Kier molecular flexibility index (Phi) is 6.12. The summed E-state index contributed by atoms with van der Waals surface area (Å²) >= 11 is 0. The maximum absolute atomic E-state index is 11.8. The van der Waals surface area contributed by atoms with Crippen LogP contribution in [0.5, 0.6) is 0 Å². The van der Waals surface area contributed by atoms with Gasteiger partial charge in [-0.15, -0.1) is 0 Å². The Morgan fingerprint density at radius 1 is 0.962 bits per heavy atom. The van der Waals surface area contributed by atoms with Gasteiger partial charge >= 0.3 is 0 Å². The lowest BCUT2D eigenvalue weighted by Crippen LogP contribution is -2.48. The Hall–Kier alpha value is -0.340. The van der Waals surface area contributed by atoms with Gasteiger partial charge in [0, 0.05) is 0 Å². The molecule has 0 saturated carbocycles. The summed E-state index contributed by atoms with van der Waals surface area (Å²) in [6.45, 7) is 6.33. The molecule has 2 aliphatic heterocycles. The van der Waals surface area contributed by atoms with Crippen molar-refractivity contribution in [3.63, 3.8) is 0 Å². The number of ether oxygens (including phenoxy) is 4. The van der Waals surface area contributed by atoms with Gasteiger partial charge in [-0.3, -0.25) is 8.37 Å². The van der Waals surface area contributed by atoms with Crippen LogP contribution in [0.1, 0.15) is 27.7 Å². The molecule has 0 aliphatic carbocycles. The summed E-state index contributed by atoms with van der Waals surface area (Å²) in [4.78, 5) is 0.